The fourth-order valence-corrected chi connectivity index (χ4v) is 6.32. The zero-order chi connectivity index (χ0) is 28.3. The molecule has 2 saturated heterocycles. The van der Waals surface area contributed by atoms with Gasteiger partial charge in [0.15, 0.2) is 0 Å². The van der Waals surface area contributed by atoms with Crippen LogP contribution in [0.3, 0.4) is 0 Å². The van der Waals surface area contributed by atoms with Crippen LogP contribution in [0.1, 0.15) is 36.8 Å². The molecule has 9 heteroatoms. The molecule has 0 aliphatic carbocycles. The van der Waals surface area contributed by atoms with Gasteiger partial charge >= 0.3 is 0 Å². The van der Waals surface area contributed by atoms with E-state index in [0.29, 0.717) is 55.5 Å². The van der Waals surface area contributed by atoms with Gasteiger partial charge in [-0.25, -0.2) is 4.39 Å². The highest BCUT2D eigenvalue weighted by molar-refractivity contribution is 6.42. The third kappa shape index (κ3) is 6.03. The number of primary amides is 1. The second kappa shape index (κ2) is 11.9. The van der Waals surface area contributed by atoms with Crippen LogP contribution in [0, 0.1) is 5.82 Å². The average Bonchev–Trinajstić information content (AvgIpc) is 2.95. The monoisotopic (exact) mass is 583 g/mol. The molecule has 2 aliphatic heterocycles. The summed E-state index contributed by atoms with van der Waals surface area (Å²) in [7, 11) is 0. The molecule has 0 radical (unpaired) electrons. The lowest BCUT2D eigenvalue weighted by molar-refractivity contribution is -0.141. The number of amides is 2. The van der Waals surface area contributed by atoms with Crippen molar-refractivity contribution < 1.29 is 18.7 Å². The van der Waals surface area contributed by atoms with Crippen LogP contribution in [-0.2, 0) is 25.3 Å². The second-order valence-electron chi connectivity index (χ2n) is 10.8. The molecule has 1 atom stereocenters. The topological polar surface area (TPSA) is 75.9 Å². The molecule has 0 saturated carbocycles. The summed E-state index contributed by atoms with van der Waals surface area (Å²) >= 11 is 12.7. The molecule has 2 fully saturated rings. The van der Waals surface area contributed by atoms with Crippen molar-refractivity contribution in [3.05, 3.63) is 99.8 Å². The Labute approximate surface area is 243 Å². The molecule has 6 nitrogen and oxygen atoms in total. The molecule has 5 rings (SSSR count). The number of hydrogen-bond donors (Lipinski definition) is 1. The van der Waals surface area contributed by atoms with E-state index < -0.39 is 16.9 Å². The van der Waals surface area contributed by atoms with E-state index in [4.69, 9.17) is 33.7 Å². The molecule has 3 aromatic carbocycles. The van der Waals surface area contributed by atoms with Gasteiger partial charge in [0, 0.05) is 24.1 Å². The van der Waals surface area contributed by atoms with Crippen LogP contribution in [0.2, 0.25) is 10.0 Å². The minimum absolute atomic E-state index is 0.0591. The van der Waals surface area contributed by atoms with Crippen molar-refractivity contribution in [3.8, 4) is 0 Å². The quantitative estimate of drug-likeness (QED) is 0.369. The largest absolute Gasteiger partial charge is 0.370 e. The van der Waals surface area contributed by atoms with E-state index in [1.54, 1.807) is 17.0 Å². The first-order chi connectivity index (χ1) is 19.2. The van der Waals surface area contributed by atoms with Crippen LogP contribution in [0.15, 0.2) is 72.8 Å². The molecule has 2 N–H and O–H groups in total. The SMILES string of the molecule is NC(=O)CC1(c2cccc(F)c2)CCN(CCC2(c3ccc(Cl)c(Cl)c3)CN(c3ccccc3)C(=O)CO2)CC1. The predicted octanol–water partition coefficient (Wildman–Crippen LogP) is 5.69. The molecule has 2 amide bonds. The van der Waals surface area contributed by atoms with Crippen molar-refractivity contribution >= 4 is 40.7 Å². The first-order valence-electron chi connectivity index (χ1n) is 13.4. The second-order valence-corrected chi connectivity index (χ2v) is 11.6. The number of carbonyl (C=O) groups excluding carboxylic acids is 2. The molecule has 1 unspecified atom stereocenters. The smallest absolute Gasteiger partial charge is 0.253 e. The van der Waals surface area contributed by atoms with E-state index in [0.717, 1.165) is 16.8 Å². The molecule has 210 valence electrons. The molecule has 2 aliphatic rings. The number of ether oxygens (including phenoxy) is 1. The Kier molecular flexibility index (Phi) is 8.47. The normalized spacial score (nSPS) is 21.4. The Hall–Kier alpha value is -2.97. The predicted molar refractivity (Wildman–Crippen MR) is 155 cm³/mol. The fourth-order valence-electron chi connectivity index (χ4n) is 6.02. The lowest BCUT2D eigenvalue weighted by atomic mass is 9.70. The van der Waals surface area contributed by atoms with Gasteiger partial charge in [-0.15, -0.1) is 0 Å². The summed E-state index contributed by atoms with van der Waals surface area (Å²) in [5, 5.41) is 0.876. The Morgan fingerprint density at radius 1 is 0.950 bits per heavy atom. The van der Waals surface area contributed by atoms with Crippen LogP contribution in [-0.4, -0.2) is 49.5 Å². The van der Waals surface area contributed by atoms with Crippen molar-refractivity contribution in [2.24, 2.45) is 5.73 Å². The van der Waals surface area contributed by atoms with E-state index in [9.17, 15) is 14.0 Å². The minimum Gasteiger partial charge on any atom is -0.370 e. The van der Waals surface area contributed by atoms with Gasteiger partial charge in [-0.05, 0) is 79.9 Å². The number of nitrogens with two attached hydrogens (primary N) is 1. The molecular weight excluding hydrogens is 552 g/mol. The van der Waals surface area contributed by atoms with Gasteiger partial charge < -0.3 is 20.3 Å². The highest BCUT2D eigenvalue weighted by Gasteiger charge is 2.43. The van der Waals surface area contributed by atoms with Crippen molar-refractivity contribution in [2.75, 3.05) is 37.7 Å². The number of benzene rings is 3. The van der Waals surface area contributed by atoms with E-state index in [2.05, 4.69) is 4.90 Å². The van der Waals surface area contributed by atoms with Crippen molar-refractivity contribution in [2.45, 2.75) is 36.7 Å². The number of likely N-dealkylation sites (tertiary alicyclic amines) is 1. The Morgan fingerprint density at radius 2 is 1.70 bits per heavy atom. The third-order valence-electron chi connectivity index (χ3n) is 8.29. The lowest BCUT2D eigenvalue weighted by Gasteiger charge is -2.45. The van der Waals surface area contributed by atoms with Gasteiger partial charge in [-0.1, -0.05) is 59.6 Å². The first-order valence-corrected chi connectivity index (χ1v) is 14.2. The Bertz CT molecular complexity index is 1380. The maximum atomic E-state index is 14.1. The number of rotatable bonds is 8. The third-order valence-corrected chi connectivity index (χ3v) is 9.03. The summed E-state index contributed by atoms with van der Waals surface area (Å²) in [6, 6.07) is 21.5. The molecule has 0 aromatic heterocycles. The lowest BCUT2D eigenvalue weighted by Crippen LogP contribution is -2.54. The van der Waals surface area contributed by atoms with Crippen LogP contribution in [0.4, 0.5) is 10.1 Å². The molecule has 0 spiro atoms. The van der Waals surface area contributed by atoms with Gasteiger partial charge in [0.05, 0.1) is 16.6 Å². The molecule has 40 heavy (non-hydrogen) atoms. The van der Waals surface area contributed by atoms with E-state index >= 15 is 0 Å². The van der Waals surface area contributed by atoms with Gasteiger partial charge in [0.25, 0.3) is 5.91 Å². The number of anilines is 1. The van der Waals surface area contributed by atoms with Crippen LogP contribution >= 0.6 is 23.2 Å². The average molecular weight is 585 g/mol. The molecule has 0 bridgehead atoms. The Balaban J connectivity index is 1.37. The summed E-state index contributed by atoms with van der Waals surface area (Å²) in [6.45, 7) is 2.38. The van der Waals surface area contributed by atoms with Gasteiger partial charge in [0.2, 0.25) is 5.91 Å². The fraction of sp³-hybridized carbons (Fsp3) is 0.355. The van der Waals surface area contributed by atoms with Gasteiger partial charge in [-0.2, -0.15) is 0 Å². The maximum absolute atomic E-state index is 14.1. The number of nitrogens with zero attached hydrogens (tertiary/aromatic N) is 2. The van der Waals surface area contributed by atoms with E-state index in [1.807, 2.05) is 48.5 Å². The van der Waals surface area contributed by atoms with Gasteiger partial charge in [0.1, 0.15) is 18.0 Å². The Morgan fingerprint density at radius 3 is 2.38 bits per heavy atom. The number of hydrogen-bond acceptors (Lipinski definition) is 4. The van der Waals surface area contributed by atoms with E-state index in [-0.39, 0.29) is 24.8 Å². The van der Waals surface area contributed by atoms with E-state index in [1.165, 1.54) is 12.1 Å². The van der Waals surface area contributed by atoms with Crippen LogP contribution in [0.5, 0.6) is 0 Å². The van der Waals surface area contributed by atoms with Crippen molar-refractivity contribution in [1.82, 2.24) is 4.90 Å². The van der Waals surface area contributed by atoms with Crippen LogP contribution in [0.25, 0.3) is 0 Å². The zero-order valence-electron chi connectivity index (χ0n) is 22.1. The summed E-state index contributed by atoms with van der Waals surface area (Å²) in [4.78, 5) is 29.0. The summed E-state index contributed by atoms with van der Waals surface area (Å²) < 4.78 is 20.4. The van der Waals surface area contributed by atoms with Crippen molar-refractivity contribution in [3.63, 3.8) is 0 Å². The minimum atomic E-state index is -0.803. The number of para-hydroxylation sites is 1. The first kappa shape index (κ1) is 28.6. The zero-order valence-corrected chi connectivity index (χ0v) is 23.6. The number of morpholine rings is 1. The molecular formula is C31H32Cl2FN3O3. The maximum Gasteiger partial charge on any atom is 0.253 e. The summed E-state index contributed by atoms with van der Waals surface area (Å²) in [6.07, 6.45) is 2.13. The molecule has 3 aromatic rings. The molecule has 2 heterocycles. The summed E-state index contributed by atoms with van der Waals surface area (Å²) in [5.74, 6) is -0.817. The van der Waals surface area contributed by atoms with Crippen LogP contribution < -0.4 is 10.6 Å². The van der Waals surface area contributed by atoms with Crippen molar-refractivity contribution in [1.29, 1.82) is 0 Å². The highest BCUT2D eigenvalue weighted by atomic mass is 35.5. The number of carbonyl (C=O) groups is 2. The van der Waals surface area contributed by atoms with Gasteiger partial charge in [-0.3, -0.25) is 9.59 Å². The number of piperidine rings is 1. The standard InChI is InChI=1S/C31H32Cl2FN3O3/c32-26-10-9-23(18-27(26)33)31(21-37(29(39)20-40-31)25-7-2-1-3-8-25)13-16-36-14-11-30(12-15-36,19-28(35)38)22-5-4-6-24(34)17-22/h1-10,17-18H,11-16,19-21H2,(H2,35,38). The number of halogens is 3. The highest BCUT2D eigenvalue weighted by Crippen LogP contribution is 2.41. The summed E-state index contributed by atoms with van der Waals surface area (Å²) in [5.41, 5.74) is 6.81.